The Bertz CT molecular complexity index is 736. The van der Waals surface area contributed by atoms with Crippen LogP contribution in [0.2, 0.25) is 5.15 Å². The van der Waals surface area contributed by atoms with Gasteiger partial charge in [-0.15, -0.1) is 0 Å². The highest BCUT2D eigenvalue weighted by Crippen LogP contribution is 2.33. The lowest BCUT2D eigenvalue weighted by Gasteiger charge is -2.15. The molecule has 22 heavy (non-hydrogen) atoms. The summed E-state index contributed by atoms with van der Waals surface area (Å²) in [5.74, 6) is 0.463. The van der Waals surface area contributed by atoms with Crippen molar-refractivity contribution in [3.8, 4) is 11.5 Å². The van der Waals surface area contributed by atoms with Gasteiger partial charge in [-0.1, -0.05) is 11.6 Å². The van der Waals surface area contributed by atoms with E-state index in [-0.39, 0.29) is 10.9 Å². The van der Waals surface area contributed by atoms with E-state index < -0.39 is 7.04 Å². The third-order valence-electron chi connectivity index (χ3n) is 3.84. The summed E-state index contributed by atoms with van der Waals surface area (Å²) in [6.07, 6.45) is 4.72. The summed E-state index contributed by atoms with van der Waals surface area (Å²) in [4.78, 5) is 10.5. The first-order valence-electron chi connectivity index (χ1n) is 8.91. The molecule has 1 aromatic carbocycles. The van der Waals surface area contributed by atoms with Crippen LogP contribution < -0.4 is 9.47 Å². The van der Waals surface area contributed by atoms with Crippen LogP contribution in [0, 0.1) is 0 Å². The average Bonchev–Trinajstić information content (AvgIpc) is 3.04. The molecule has 1 fully saturated rings. The summed E-state index contributed by atoms with van der Waals surface area (Å²) in [5, 5.41) is 0.758. The van der Waals surface area contributed by atoms with Crippen molar-refractivity contribution in [1.29, 1.82) is 0 Å². The number of methoxy groups -OCH3 is 1. The van der Waals surface area contributed by atoms with Crippen molar-refractivity contribution < 1.29 is 13.6 Å². The number of ether oxygens (including phenoxy) is 2. The fourth-order valence-corrected chi connectivity index (χ4v) is 2.90. The van der Waals surface area contributed by atoms with Crippen LogP contribution in [0.1, 0.15) is 23.4 Å². The molecule has 1 saturated heterocycles. The second-order valence-corrected chi connectivity index (χ2v) is 5.69. The molecule has 0 spiro atoms. The van der Waals surface area contributed by atoms with E-state index in [9.17, 15) is 0 Å². The van der Waals surface area contributed by atoms with E-state index in [4.69, 9.17) is 25.2 Å². The molecular formula is C16H20ClN3O2. The predicted octanol–water partition coefficient (Wildman–Crippen LogP) is 3.16. The van der Waals surface area contributed by atoms with Crippen LogP contribution in [0.3, 0.4) is 0 Å². The molecule has 0 bridgehead atoms. The van der Waals surface area contributed by atoms with Crippen LogP contribution >= 0.6 is 11.6 Å². The summed E-state index contributed by atoms with van der Waals surface area (Å²) in [7, 11) is -2.58. The summed E-state index contributed by atoms with van der Waals surface area (Å²) in [6.45, 7) is 3.72. The fraction of sp³-hybridized carbons (Fsp3) is 0.500. The number of halogens is 1. The van der Waals surface area contributed by atoms with Crippen LogP contribution in [0.5, 0.6) is 11.5 Å². The number of nitrogens with zero attached hydrogens (tertiary/aromatic N) is 3. The highest BCUT2D eigenvalue weighted by atomic mass is 35.5. The molecule has 0 unspecified atom stereocenters. The Labute approximate surface area is 139 Å². The lowest BCUT2D eigenvalue weighted by Crippen LogP contribution is -2.21. The molecule has 0 saturated carbocycles. The van der Waals surface area contributed by atoms with Crippen LogP contribution in [0.15, 0.2) is 18.5 Å². The molecule has 1 aliphatic rings. The quantitative estimate of drug-likeness (QED) is 0.603. The molecule has 0 atom stereocenters. The van der Waals surface area contributed by atoms with E-state index in [0.717, 1.165) is 26.1 Å². The number of benzene rings is 1. The zero-order valence-electron chi connectivity index (χ0n) is 15.2. The van der Waals surface area contributed by atoms with Crippen molar-refractivity contribution in [2.45, 2.75) is 19.3 Å². The van der Waals surface area contributed by atoms with Crippen LogP contribution in [0.25, 0.3) is 10.9 Å². The minimum absolute atomic E-state index is 0.116. The van der Waals surface area contributed by atoms with Crippen LogP contribution in [0.4, 0.5) is 0 Å². The number of aromatic nitrogens is 2. The zero-order valence-corrected chi connectivity index (χ0v) is 13.0. The van der Waals surface area contributed by atoms with Crippen molar-refractivity contribution in [2.75, 3.05) is 33.3 Å². The molecule has 0 amide bonds. The summed E-state index contributed by atoms with van der Waals surface area (Å²) < 4.78 is 32.9. The Kier molecular flexibility index (Phi) is 3.85. The van der Waals surface area contributed by atoms with Crippen molar-refractivity contribution in [3.63, 3.8) is 0 Å². The second-order valence-electron chi connectivity index (χ2n) is 5.33. The van der Waals surface area contributed by atoms with Gasteiger partial charge in [0.15, 0.2) is 11.5 Å². The SMILES string of the molecule is [2H]C([2H])([2H])Oc1cc2c(Cl)ncnc2cc1OCCCN1CCCC1. The Balaban J connectivity index is 1.75. The molecule has 1 aliphatic heterocycles. The van der Waals surface area contributed by atoms with Gasteiger partial charge in [-0.3, -0.25) is 0 Å². The minimum Gasteiger partial charge on any atom is -0.493 e. The molecule has 2 aromatic rings. The van der Waals surface area contributed by atoms with E-state index in [2.05, 4.69) is 14.9 Å². The number of likely N-dealkylation sites (tertiary alicyclic amines) is 1. The van der Waals surface area contributed by atoms with Crippen molar-refractivity contribution in [3.05, 3.63) is 23.6 Å². The molecule has 2 heterocycles. The first-order chi connectivity index (χ1) is 11.9. The lowest BCUT2D eigenvalue weighted by atomic mass is 10.2. The highest BCUT2D eigenvalue weighted by Gasteiger charge is 2.12. The average molecular weight is 325 g/mol. The first kappa shape index (κ1) is 11.9. The maximum absolute atomic E-state index is 7.34. The van der Waals surface area contributed by atoms with Gasteiger partial charge in [-0.05, 0) is 38.4 Å². The third kappa shape index (κ3) is 3.42. The standard InChI is InChI=1S/C16H20ClN3O2/c1-21-14-9-12-13(18-11-19-16(12)17)10-15(14)22-8-4-7-20-5-2-3-6-20/h9-11H,2-8H2,1H3/i1D3. The van der Waals surface area contributed by atoms with E-state index >= 15 is 0 Å². The smallest absolute Gasteiger partial charge is 0.163 e. The molecule has 118 valence electrons. The number of hydrogen-bond acceptors (Lipinski definition) is 5. The summed E-state index contributed by atoms with van der Waals surface area (Å²) in [5.41, 5.74) is 0.576. The Hall–Kier alpha value is -1.59. The highest BCUT2D eigenvalue weighted by molar-refractivity contribution is 6.34. The summed E-state index contributed by atoms with van der Waals surface area (Å²) in [6, 6.07) is 3.15. The van der Waals surface area contributed by atoms with Gasteiger partial charge in [0.1, 0.15) is 11.5 Å². The van der Waals surface area contributed by atoms with Gasteiger partial charge < -0.3 is 14.4 Å². The third-order valence-corrected chi connectivity index (χ3v) is 4.14. The van der Waals surface area contributed by atoms with E-state index in [0.29, 0.717) is 23.3 Å². The Morgan fingerprint density at radius 1 is 1.27 bits per heavy atom. The first-order valence-corrected chi connectivity index (χ1v) is 7.78. The van der Waals surface area contributed by atoms with Crippen molar-refractivity contribution in [1.82, 2.24) is 14.9 Å². The van der Waals surface area contributed by atoms with Gasteiger partial charge in [0.2, 0.25) is 0 Å². The van der Waals surface area contributed by atoms with E-state index in [1.54, 1.807) is 6.07 Å². The van der Waals surface area contributed by atoms with Crippen molar-refractivity contribution >= 4 is 22.5 Å². The fourth-order valence-electron chi connectivity index (χ4n) is 2.70. The Morgan fingerprint density at radius 3 is 2.95 bits per heavy atom. The largest absolute Gasteiger partial charge is 0.493 e. The number of rotatable bonds is 6. The topological polar surface area (TPSA) is 47.5 Å². The number of hydrogen-bond donors (Lipinski definition) is 0. The molecule has 0 radical (unpaired) electrons. The van der Waals surface area contributed by atoms with Crippen LogP contribution in [-0.4, -0.2) is 48.1 Å². The van der Waals surface area contributed by atoms with Gasteiger partial charge in [-0.25, -0.2) is 9.97 Å². The monoisotopic (exact) mass is 324 g/mol. The Morgan fingerprint density at radius 2 is 2.14 bits per heavy atom. The zero-order chi connectivity index (χ0) is 17.9. The van der Waals surface area contributed by atoms with Gasteiger partial charge in [0.05, 0.1) is 23.3 Å². The summed E-state index contributed by atoms with van der Waals surface area (Å²) >= 11 is 6.06. The molecule has 0 N–H and O–H groups in total. The van der Waals surface area contributed by atoms with E-state index in [1.807, 2.05) is 0 Å². The van der Waals surface area contributed by atoms with Gasteiger partial charge in [0, 0.05) is 18.0 Å². The molecule has 3 rings (SSSR count). The second kappa shape index (κ2) is 7.11. The maximum atomic E-state index is 7.34. The van der Waals surface area contributed by atoms with E-state index in [1.165, 1.54) is 25.2 Å². The molecule has 5 nitrogen and oxygen atoms in total. The maximum Gasteiger partial charge on any atom is 0.163 e. The number of fused-ring (bicyclic) bond motifs is 1. The molecule has 6 heteroatoms. The normalized spacial score (nSPS) is 18.0. The lowest BCUT2D eigenvalue weighted by molar-refractivity contribution is 0.254. The van der Waals surface area contributed by atoms with Crippen molar-refractivity contribution in [2.24, 2.45) is 0 Å². The predicted molar refractivity (Wildman–Crippen MR) is 86.9 cm³/mol. The molecule has 0 aliphatic carbocycles. The molecular weight excluding hydrogens is 302 g/mol. The minimum atomic E-state index is -2.58. The van der Waals surface area contributed by atoms with Gasteiger partial charge in [-0.2, -0.15) is 0 Å². The van der Waals surface area contributed by atoms with Crippen LogP contribution in [-0.2, 0) is 0 Å². The van der Waals surface area contributed by atoms with Gasteiger partial charge in [0.25, 0.3) is 0 Å². The van der Waals surface area contributed by atoms with Gasteiger partial charge >= 0.3 is 0 Å². The molecule has 1 aromatic heterocycles.